The highest BCUT2D eigenvalue weighted by molar-refractivity contribution is 7.47. The third-order valence-corrected chi connectivity index (χ3v) is 11.4. The molecule has 60 heavy (non-hydrogen) atoms. The second-order valence-electron chi connectivity index (χ2n) is 15.9. The van der Waals surface area contributed by atoms with E-state index in [1.165, 1.54) is 83.5 Å². The fourth-order valence-corrected chi connectivity index (χ4v) is 7.75. The third kappa shape index (κ3) is 29.4. The van der Waals surface area contributed by atoms with E-state index in [0.717, 1.165) is 51.4 Å². The molecule has 6 unspecified atom stereocenters. The van der Waals surface area contributed by atoms with E-state index in [9.17, 15) is 39.8 Å². The third-order valence-electron chi connectivity index (χ3n) is 10.4. The maximum absolute atomic E-state index is 12.8. The van der Waals surface area contributed by atoms with E-state index < -0.39 is 63.1 Å². The number of allylic oxidation sites excluding steroid dienone is 9. The zero-order valence-corrected chi connectivity index (χ0v) is 37.9. The van der Waals surface area contributed by atoms with Crippen LogP contribution in [0.1, 0.15) is 168 Å². The van der Waals surface area contributed by atoms with Crippen molar-refractivity contribution in [1.82, 2.24) is 0 Å². The minimum absolute atomic E-state index is 0.131. The number of phosphoric ester groups is 1. The lowest BCUT2D eigenvalue weighted by Gasteiger charge is -2.41. The Morgan fingerprint density at radius 3 is 1.40 bits per heavy atom. The van der Waals surface area contributed by atoms with Gasteiger partial charge in [-0.15, -0.1) is 0 Å². The summed E-state index contributed by atoms with van der Waals surface area (Å²) in [5.74, 6) is -0.502. The first kappa shape index (κ1) is 56.1. The van der Waals surface area contributed by atoms with E-state index in [1.54, 1.807) is 0 Å². The Balaban J connectivity index is 2.44. The second kappa shape index (κ2) is 37.6. The van der Waals surface area contributed by atoms with E-state index in [2.05, 4.69) is 62.5 Å². The van der Waals surface area contributed by atoms with Crippen LogP contribution in [0, 0.1) is 0 Å². The van der Waals surface area contributed by atoms with Gasteiger partial charge in [0, 0.05) is 6.42 Å². The summed E-state index contributed by atoms with van der Waals surface area (Å²) in [6.07, 6.45) is 34.6. The normalized spacial score (nSPS) is 22.9. The number of aliphatic hydroxyl groups is 5. The standard InChI is InChI=1S/C47H83O12P/c1-3-5-7-9-11-13-15-17-19-21-22-24-26-28-30-32-34-36-41(48)58-40(39-57-60(54,55)59-47-45(52)43(50)42(49)44(51)46(47)53)38-56-37-35-33-31-29-27-25-23-20-18-16-14-12-10-8-6-4-2/h6,8,12,14,18,20,25,27,31,33,40,42-47,49-53H,3-5,7,9-11,13,15-17,19,21-24,26,28-30,32,34-39H2,1-2H3,(H,54,55)/b8-6-,14-12-,20-18-,27-25-,33-31-. The molecule has 1 fully saturated rings. The molecule has 12 nitrogen and oxygen atoms in total. The van der Waals surface area contributed by atoms with Gasteiger partial charge in [-0.1, -0.05) is 177 Å². The number of unbranched alkanes of at least 4 members (excludes halogenated alkanes) is 16. The summed E-state index contributed by atoms with van der Waals surface area (Å²) >= 11 is 0. The lowest BCUT2D eigenvalue weighted by atomic mass is 9.85. The molecule has 1 aliphatic rings. The molecule has 6 N–H and O–H groups in total. The molecule has 0 heterocycles. The number of carbonyl (C=O) groups excluding carboxylic acids is 1. The smallest absolute Gasteiger partial charge is 0.457 e. The molecule has 1 rings (SSSR count). The maximum atomic E-state index is 12.8. The average molecular weight is 871 g/mol. The molecule has 0 aromatic carbocycles. The zero-order chi connectivity index (χ0) is 44.1. The van der Waals surface area contributed by atoms with Crippen molar-refractivity contribution in [3.8, 4) is 0 Å². The molecule has 0 aromatic rings. The van der Waals surface area contributed by atoms with Gasteiger partial charge in [0.15, 0.2) is 0 Å². The molecule has 0 aliphatic heterocycles. The molecule has 0 radical (unpaired) electrons. The first-order valence-corrected chi connectivity index (χ1v) is 24.6. The Kier molecular flexibility index (Phi) is 35.1. The molecule has 0 bridgehead atoms. The Labute approximate surface area is 362 Å². The van der Waals surface area contributed by atoms with Crippen LogP contribution in [0.5, 0.6) is 0 Å². The molecule has 1 aliphatic carbocycles. The molecule has 1 saturated carbocycles. The first-order valence-electron chi connectivity index (χ1n) is 23.1. The van der Waals surface area contributed by atoms with E-state index in [1.807, 2.05) is 12.2 Å². The number of carbonyl (C=O) groups is 1. The summed E-state index contributed by atoms with van der Waals surface area (Å²) in [7, 11) is -5.04. The SMILES string of the molecule is CC/C=C\C/C=C\C/C=C\C/C=C\C/C=C\CCOCC(COP(=O)(O)OC1C(O)C(O)C(O)C(O)C1O)OC(=O)CCCCCCCCCCCCCCCCCCC. The summed E-state index contributed by atoms with van der Waals surface area (Å²) in [6, 6.07) is 0. The van der Waals surface area contributed by atoms with E-state index in [4.69, 9.17) is 18.5 Å². The van der Waals surface area contributed by atoms with Crippen LogP contribution in [0.25, 0.3) is 0 Å². The van der Waals surface area contributed by atoms with Gasteiger partial charge in [-0.2, -0.15) is 0 Å². The van der Waals surface area contributed by atoms with Crippen LogP contribution in [0.4, 0.5) is 0 Å². The quantitative estimate of drug-likeness (QED) is 0.0149. The number of ether oxygens (including phenoxy) is 2. The van der Waals surface area contributed by atoms with Gasteiger partial charge in [0.25, 0.3) is 0 Å². The van der Waals surface area contributed by atoms with Crippen LogP contribution >= 0.6 is 7.82 Å². The van der Waals surface area contributed by atoms with Crippen LogP contribution < -0.4 is 0 Å². The largest absolute Gasteiger partial charge is 0.472 e. The highest BCUT2D eigenvalue weighted by atomic mass is 31.2. The predicted molar refractivity (Wildman–Crippen MR) is 239 cm³/mol. The maximum Gasteiger partial charge on any atom is 0.472 e. The molecule has 348 valence electrons. The lowest BCUT2D eigenvalue weighted by molar-refractivity contribution is -0.220. The van der Waals surface area contributed by atoms with Crippen molar-refractivity contribution < 1.29 is 58.3 Å². The lowest BCUT2D eigenvalue weighted by Crippen LogP contribution is -2.64. The van der Waals surface area contributed by atoms with Crippen LogP contribution in [-0.2, 0) is 27.9 Å². The van der Waals surface area contributed by atoms with E-state index in [0.29, 0.717) is 19.4 Å². The van der Waals surface area contributed by atoms with Gasteiger partial charge in [-0.05, 0) is 44.9 Å². The molecule has 13 heteroatoms. The fourth-order valence-electron chi connectivity index (χ4n) is 6.77. The highest BCUT2D eigenvalue weighted by Crippen LogP contribution is 2.47. The molecule has 0 amide bonds. The van der Waals surface area contributed by atoms with Crippen molar-refractivity contribution in [1.29, 1.82) is 0 Å². The van der Waals surface area contributed by atoms with Gasteiger partial charge in [-0.25, -0.2) is 4.57 Å². The summed E-state index contributed by atoms with van der Waals surface area (Å²) in [5, 5.41) is 50.2. The molecular weight excluding hydrogens is 787 g/mol. The van der Waals surface area contributed by atoms with Crippen molar-refractivity contribution in [3.05, 3.63) is 60.8 Å². The molecule has 0 spiro atoms. The van der Waals surface area contributed by atoms with E-state index >= 15 is 0 Å². The van der Waals surface area contributed by atoms with Gasteiger partial charge >= 0.3 is 13.8 Å². The number of phosphoric acid groups is 1. The Morgan fingerprint density at radius 1 is 0.550 bits per heavy atom. The number of hydrogen-bond donors (Lipinski definition) is 6. The summed E-state index contributed by atoms with van der Waals surface area (Å²) in [6.45, 7) is 3.94. The van der Waals surface area contributed by atoms with Gasteiger partial charge < -0.3 is 39.9 Å². The molecule has 0 saturated heterocycles. The van der Waals surface area contributed by atoms with Crippen LogP contribution in [0.3, 0.4) is 0 Å². The Bertz CT molecular complexity index is 1220. The van der Waals surface area contributed by atoms with Crippen LogP contribution in [0.15, 0.2) is 60.8 Å². The van der Waals surface area contributed by atoms with Crippen molar-refractivity contribution in [3.63, 3.8) is 0 Å². The van der Waals surface area contributed by atoms with Crippen molar-refractivity contribution in [2.75, 3.05) is 19.8 Å². The minimum Gasteiger partial charge on any atom is -0.457 e. The number of esters is 1. The molecule has 0 aromatic heterocycles. The topological polar surface area (TPSA) is 192 Å². The van der Waals surface area contributed by atoms with E-state index in [-0.39, 0.29) is 13.0 Å². The highest BCUT2D eigenvalue weighted by Gasteiger charge is 2.51. The second-order valence-corrected chi connectivity index (χ2v) is 17.3. The Hall–Kier alpha value is -1.96. The molecular formula is C47H83O12P. The minimum atomic E-state index is -5.04. The zero-order valence-electron chi connectivity index (χ0n) is 37.0. The number of aliphatic hydroxyl groups excluding tert-OH is 5. The van der Waals surface area contributed by atoms with Crippen LogP contribution in [0.2, 0.25) is 0 Å². The monoisotopic (exact) mass is 871 g/mol. The van der Waals surface area contributed by atoms with Gasteiger partial charge in [-0.3, -0.25) is 13.8 Å². The fraction of sp³-hybridized carbons (Fsp3) is 0.766. The van der Waals surface area contributed by atoms with Gasteiger partial charge in [0.05, 0.1) is 19.8 Å². The molecule has 6 atom stereocenters. The Morgan fingerprint density at radius 2 is 0.950 bits per heavy atom. The van der Waals surface area contributed by atoms with Crippen molar-refractivity contribution in [2.45, 2.75) is 211 Å². The average Bonchev–Trinajstić information content (AvgIpc) is 3.23. The number of rotatable bonds is 38. The summed E-state index contributed by atoms with van der Waals surface area (Å²) in [4.78, 5) is 23.1. The van der Waals surface area contributed by atoms with Crippen molar-refractivity contribution >= 4 is 13.8 Å². The predicted octanol–water partition coefficient (Wildman–Crippen LogP) is 9.42. The van der Waals surface area contributed by atoms with Crippen molar-refractivity contribution in [2.24, 2.45) is 0 Å². The summed E-state index contributed by atoms with van der Waals surface area (Å²) < 4.78 is 34.1. The van der Waals surface area contributed by atoms with Gasteiger partial charge in [0.2, 0.25) is 0 Å². The van der Waals surface area contributed by atoms with Gasteiger partial charge in [0.1, 0.15) is 42.7 Å². The van der Waals surface area contributed by atoms with Crippen LogP contribution in [-0.4, -0.2) is 98.9 Å². The first-order chi connectivity index (χ1) is 29.0. The summed E-state index contributed by atoms with van der Waals surface area (Å²) in [5.41, 5.74) is 0. The number of hydrogen-bond acceptors (Lipinski definition) is 11.